The number of carbonyl (C=O) groups is 2. The minimum atomic E-state index is -3.80. The van der Waals surface area contributed by atoms with Gasteiger partial charge in [-0.25, -0.2) is 8.42 Å². The minimum Gasteiger partial charge on any atom is -0.454 e. The summed E-state index contributed by atoms with van der Waals surface area (Å²) in [5.74, 6) is -0.123. The van der Waals surface area contributed by atoms with Crippen molar-refractivity contribution in [3.8, 4) is 11.5 Å². The van der Waals surface area contributed by atoms with E-state index in [0.717, 1.165) is 15.4 Å². The van der Waals surface area contributed by atoms with Gasteiger partial charge in [-0.05, 0) is 38.5 Å². The molecule has 9 nitrogen and oxygen atoms in total. The highest BCUT2D eigenvalue weighted by Gasteiger charge is 2.31. The van der Waals surface area contributed by atoms with Crippen LogP contribution in [0.25, 0.3) is 0 Å². The number of ether oxygens (including phenoxy) is 2. The molecule has 0 radical (unpaired) electrons. The van der Waals surface area contributed by atoms with Crippen LogP contribution in [0.2, 0.25) is 0 Å². The van der Waals surface area contributed by atoms with Gasteiger partial charge in [0.15, 0.2) is 11.5 Å². The predicted octanol–water partition coefficient (Wildman–Crippen LogP) is 2.04. The van der Waals surface area contributed by atoms with Crippen LogP contribution in [-0.4, -0.2) is 57.3 Å². The lowest BCUT2D eigenvalue weighted by atomic mass is 10.1. The third kappa shape index (κ3) is 5.57. The quantitative estimate of drug-likeness (QED) is 0.595. The summed E-state index contributed by atoms with van der Waals surface area (Å²) < 4.78 is 37.6. The number of fused-ring (bicyclic) bond motifs is 1. The monoisotopic (exact) mass is 475 g/mol. The molecule has 10 heteroatoms. The van der Waals surface area contributed by atoms with Gasteiger partial charge in [0.1, 0.15) is 12.6 Å². The molecule has 33 heavy (non-hydrogen) atoms. The minimum absolute atomic E-state index is 0.0478. The highest BCUT2D eigenvalue weighted by molar-refractivity contribution is 7.92. The maximum absolute atomic E-state index is 13.4. The maximum Gasteiger partial charge on any atom is 0.244 e. The van der Waals surface area contributed by atoms with E-state index in [1.165, 1.54) is 24.9 Å². The first-order valence-electron chi connectivity index (χ1n) is 10.6. The largest absolute Gasteiger partial charge is 0.454 e. The molecule has 0 aliphatic carbocycles. The van der Waals surface area contributed by atoms with Crippen LogP contribution in [-0.2, 0) is 26.2 Å². The van der Waals surface area contributed by atoms with E-state index in [9.17, 15) is 18.0 Å². The Morgan fingerprint density at radius 2 is 1.76 bits per heavy atom. The van der Waals surface area contributed by atoms with E-state index in [0.29, 0.717) is 11.5 Å². The zero-order chi connectivity index (χ0) is 24.2. The molecule has 0 saturated heterocycles. The summed E-state index contributed by atoms with van der Waals surface area (Å²) in [7, 11) is -2.31. The summed E-state index contributed by atoms with van der Waals surface area (Å²) in [6, 6.07) is 11.5. The Hall–Kier alpha value is -3.27. The number of hydrogen-bond donors (Lipinski definition) is 1. The number of amides is 2. The number of nitrogens with one attached hydrogen (secondary N) is 1. The molecule has 2 aromatic rings. The average molecular weight is 476 g/mol. The number of benzene rings is 2. The molecular formula is C23H29N3O6S. The fraction of sp³-hybridized carbons (Fsp3) is 0.391. The molecule has 2 aromatic carbocycles. The summed E-state index contributed by atoms with van der Waals surface area (Å²) in [4.78, 5) is 27.2. The number of aryl methyl sites for hydroxylation is 1. The van der Waals surface area contributed by atoms with Gasteiger partial charge in [0, 0.05) is 19.7 Å². The van der Waals surface area contributed by atoms with Crippen molar-refractivity contribution >= 4 is 27.5 Å². The topological polar surface area (TPSA) is 105 Å². The Balaban J connectivity index is 1.93. The molecule has 1 heterocycles. The van der Waals surface area contributed by atoms with Crippen LogP contribution in [0.4, 0.5) is 5.69 Å². The number of anilines is 1. The van der Waals surface area contributed by atoms with Crippen molar-refractivity contribution in [3.63, 3.8) is 0 Å². The molecule has 0 spiro atoms. The third-order valence-electron chi connectivity index (χ3n) is 5.51. The summed E-state index contributed by atoms with van der Waals surface area (Å²) >= 11 is 0. The zero-order valence-corrected chi connectivity index (χ0v) is 20.0. The SMILES string of the molecule is CCS(=O)(=O)N(CC(=O)N(Cc1ccc(C)cc1)C(C)C(=O)NC)c1ccc2c(c1)OCO2. The first-order valence-corrected chi connectivity index (χ1v) is 12.2. The van der Waals surface area contributed by atoms with Gasteiger partial charge < -0.3 is 19.7 Å². The predicted molar refractivity (Wildman–Crippen MR) is 125 cm³/mol. The van der Waals surface area contributed by atoms with Crippen molar-refractivity contribution in [2.45, 2.75) is 33.4 Å². The third-order valence-corrected chi connectivity index (χ3v) is 7.25. The van der Waals surface area contributed by atoms with Crippen LogP contribution in [0.15, 0.2) is 42.5 Å². The molecule has 1 atom stereocenters. The van der Waals surface area contributed by atoms with Crippen LogP contribution in [0.5, 0.6) is 11.5 Å². The molecule has 3 rings (SSSR count). The summed E-state index contributed by atoms with van der Waals surface area (Å²) in [5.41, 5.74) is 2.19. The first-order chi connectivity index (χ1) is 15.7. The van der Waals surface area contributed by atoms with Gasteiger partial charge >= 0.3 is 0 Å². The number of carbonyl (C=O) groups excluding carboxylic acids is 2. The van der Waals surface area contributed by atoms with Gasteiger partial charge in [-0.1, -0.05) is 29.8 Å². The van der Waals surface area contributed by atoms with Gasteiger partial charge in [-0.2, -0.15) is 0 Å². The number of sulfonamides is 1. The number of rotatable bonds is 9. The van der Waals surface area contributed by atoms with Crippen molar-refractivity contribution in [1.29, 1.82) is 0 Å². The van der Waals surface area contributed by atoms with E-state index in [4.69, 9.17) is 9.47 Å². The lowest BCUT2D eigenvalue weighted by Gasteiger charge is -2.31. The van der Waals surface area contributed by atoms with E-state index in [2.05, 4.69) is 5.32 Å². The molecule has 1 aliphatic heterocycles. The van der Waals surface area contributed by atoms with Gasteiger partial charge in [-0.3, -0.25) is 13.9 Å². The van der Waals surface area contributed by atoms with Gasteiger partial charge in [0.2, 0.25) is 28.6 Å². The lowest BCUT2D eigenvalue weighted by molar-refractivity contribution is -0.139. The molecule has 1 aliphatic rings. The van der Waals surface area contributed by atoms with Gasteiger partial charge in [0.25, 0.3) is 0 Å². The second-order valence-corrected chi connectivity index (χ2v) is 9.92. The fourth-order valence-electron chi connectivity index (χ4n) is 3.44. The van der Waals surface area contributed by atoms with Crippen molar-refractivity contribution in [1.82, 2.24) is 10.2 Å². The van der Waals surface area contributed by atoms with Crippen molar-refractivity contribution in [2.75, 3.05) is 30.4 Å². The Kier molecular flexibility index (Phi) is 7.47. The van der Waals surface area contributed by atoms with Crippen molar-refractivity contribution < 1.29 is 27.5 Å². The van der Waals surface area contributed by atoms with Crippen LogP contribution < -0.4 is 19.1 Å². The van der Waals surface area contributed by atoms with Crippen LogP contribution >= 0.6 is 0 Å². The van der Waals surface area contributed by atoms with E-state index >= 15 is 0 Å². The second kappa shape index (κ2) is 10.1. The molecule has 0 saturated carbocycles. The van der Waals surface area contributed by atoms with E-state index in [1.807, 2.05) is 31.2 Å². The van der Waals surface area contributed by atoms with Crippen molar-refractivity contribution in [3.05, 3.63) is 53.6 Å². The molecule has 0 aromatic heterocycles. The molecular weight excluding hydrogens is 446 g/mol. The Bertz CT molecular complexity index is 1120. The number of likely N-dealkylation sites (N-methyl/N-ethyl adjacent to an activating group) is 1. The highest BCUT2D eigenvalue weighted by Crippen LogP contribution is 2.36. The Morgan fingerprint density at radius 1 is 1.09 bits per heavy atom. The zero-order valence-electron chi connectivity index (χ0n) is 19.2. The van der Waals surface area contributed by atoms with Gasteiger partial charge in [-0.15, -0.1) is 0 Å². The standard InChI is InChI=1S/C23H29N3O6S/c1-5-33(29,30)26(19-10-11-20-21(12-19)32-15-31-20)14-22(27)25(17(3)23(28)24-4)13-18-8-6-16(2)7-9-18/h6-12,17H,5,13-15H2,1-4H3,(H,24,28). The molecule has 1 unspecified atom stereocenters. The van der Waals surface area contributed by atoms with E-state index < -0.39 is 28.5 Å². The molecule has 0 bridgehead atoms. The van der Waals surface area contributed by atoms with Crippen LogP contribution in [0.3, 0.4) is 0 Å². The Morgan fingerprint density at radius 3 is 2.39 bits per heavy atom. The first kappa shape index (κ1) is 24.4. The summed E-state index contributed by atoms with van der Waals surface area (Å²) in [6.45, 7) is 4.84. The van der Waals surface area contributed by atoms with Gasteiger partial charge in [0.05, 0.1) is 11.4 Å². The van der Waals surface area contributed by atoms with Crippen molar-refractivity contribution in [2.24, 2.45) is 0 Å². The smallest absolute Gasteiger partial charge is 0.244 e. The molecule has 0 fully saturated rings. The fourth-order valence-corrected chi connectivity index (χ4v) is 4.50. The van der Waals surface area contributed by atoms with E-state index in [-0.39, 0.29) is 30.7 Å². The molecule has 2 amide bonds. The number of hydrogen-bond acceptors (Lipinski definition) is 6. The molecule has 178 valence electrons. The van der Waals surface area contributed by atoms with Crippen LogP contribution in [0, 0.1) is 6.92 Å². The summed E-state index contributed by atoms with van der Waals surface area (Å²) in [5, 5.41) is 2.55. The number of nitrogens with zero attached hydrogens (tertiary/aromatic N) is 2. The maximum atomic E-state index is 13.4. The lowest BCUT2D eigenvalue weighted by Crippen LogP contribution is -2.50. The van der Waals surface area contributed by atoms with E-state index in [1.54, 1.807) is 19.1 Å². The average Bonchev–Trinajstić information content (AvgIpc) is 3.28. The Labute approximate surface area is 194 Å². The molecule has 1 N–H and O–H groups in total. The second-order valence-electron chi connectivity index (χ2n) is 7.74. The summed E-state index contributed by atoms with van der Waals surface area (Å²) in [6.07, 6.45) is 0. The highest BCUT2D eigenvalue weighted by atomic mass is 32.2. The normalized spacial score (nSPS) is 13.3. The van der Waals surface area contributed by atoms with Crippen LogP contribution in [0.1, 0.15) is 25.0 Å².